The molecule has 1 atom stereocenters. The molecule has 2 amide bonds. The Labute approximate surface area is 197 Å². The average molecular weight is 474 g/mol. The second-order valence-electron chi connectivity index (χ2n) is 7.80. The van der Waals surface area contributed by atoms with E-state index in [4.69, 9.17) is 5.73 Å². The second-order valence-corrected chi connectivity index (χ2v) is 9.52. The van der Waals surface area contributed by atoms with Crippen molar-refractivity contribution in [1.82, 2.24) is 4.72 Å². The summed E-state index contributed by atoms with van der Waals surface area (Å²) in [4.78, 5) is 24.5. The van der Waals surface area contributed by atoms with Gasteiger partial charge in [0.25, 0.3) is 0 Å². The lowest BCUT2D eigenvalue weighted by Gasteiger charge is -2.19. The summed E-state index contributed by atoms with van der Waals surface area (Å²) in [6.45, 7) is 0. The molecular formula is C26H23N3O4S. The van der Waals surface area contributed by atoms with Gasteiger partial charge in [-0.15, -0.1) is 0 Å². The minimum atomic E-state index is -4.00. The predicted octanol–water partition coefficient (Wildman–Crippen LogP) is 3.47. The van der Waals surface area contributed by atoms with Crippen LogP contribution < -0.4 is 15.8 Å². The maximum absolute atomic E-state index is 13.2. The zero-order valence-electron chi connectivity index (χ0n) is 18.1. The molecule has 0 spiro atoms. The highest BCUT2D eigenvalue weighted by atomic mass is 32.2. The fraction of sp³-hybridized carbons (Fsp3) is 0.0769. The van der Waals surface area contributed by atoms with Gasteiger partial charge in [-0.2, -0.15) is 4.72 Å². The van der Waals surface area contributed by atoms with Gasteiger partial charge in [0.2, 0.25) is 21.8 Å². The summed E-state index contributed by atoms with van der Waals surface area (Å²) in [5.74, 6) is -1.11. The number of sulfonamides is 1. The number of primary amides is 1. The molecule has 0 heterocycles. The number of nitrogens with one attached hydrogen (secondary N) is 2. The summed E-state index contributed by atoms with van der Waals surface area (Å²) < 4.78 is 29.0. The molecule has 0 unspecified atom stereocenters. The Balaban J connectivity index is 1.60. The number of hydrogen-bond donors (Lipinski definition) is 3. The van der Waals surface area contributed by atoms with Gasteiger partial charge in [-0.05, 0) is 59.2 Å². The van der Waals surface area contributed by atoms with Crippen molar-refractivity contribution in [3.05, 3.63) is 108 Å². The molecule has 8 heteroatoms. The third-order valence-electron chi connectivity index (χ3n) is 5.36. The van der Waals surface area contributed by atoms with Gasteiger partial charge in [-0.25, -0.2) is 8.42 Å². The molecule has 0 aromatic heterocycles. The Kier molecular flexibility index (Phi) is 6.72. The van der Waals surface area contributed by atoms with E-state index in [1.807, 2.05) is 54.6 Å². The zero-order chi connectivity index (χ0) is 24.1. The Morgan fingerprint density at radius 1 is 0.794 bits per heavy atom. The van der Waals surface area contributed by atoms with Crippen molar-refractivity contribution in [2.24, 2.45) is 5.73 Å². The number of fused-ring (bicyclic) bond motifs is 1. The van der Waals surface area contributed by atoms with Gasteiger partial charge in [0.1, 0.15) is 6.04 Å². The highest BCUT2D eigenvalue weighted by Gasteiger charge is 2.26. The fourth-order valence-electron chi connectivity index (χ4n) is 3.57. The van der Waals surface area contributed by atoms with Crippen LogP contribution in [0.2, 0.25) is 0 Å². The summed E-state index contributed by atoms with van der Waals surface area (Å²) in [6.07, 6.45) is 0.152. The first kappa shape index (κ1) is 23.2. The predicted molar refractivity (Wildman–Crippen MR) is 132 cm³/mol. The lowest BCUT2D eigenvalue weighted by Crippen LogP contribution is -2.45. The number of benzene rings is 4. The van der Waals surface area contributed by atoms with E-state index in [9.17, 15) is 18.0 Å². The molecule has 4 aromatic rings. The van der Waals surface area contributed by atoms with Crippen LogP contribution in [0.25, 0.3) is 10.8 Å². The van der Waals surface area contributed by atoms with Gasteiger partial charge in [-0.3, -0.25) is 9.59 Å². The maximum Gasteiger partial charge on any atom is 0.248 e. The number of rotatable bonds is 8. The summed E-state index contributed by atoms with van der Waals surface area (Å²) in [7, 11) is -4.00. The molecule has 34 heavy (non-hydrogen) atoms. The van der Waals surface area contributed by atoms with Gasteiger partial charge in [0, 0.05) is 11.3 Å². The van der Waals surface area contributed by atoms with Crippen molar-refractivity contribution >= 4 is 38.3 Å². The smallest absolute Gasteiger partial charge is 0.248 e. The van der Waals surface area contributed by atoms with Crippen molar-refractivity contribution in [2.45, 2.75) is 17.4 Å². The average Bonchev–Trinajstić information content (AvgIpc) is 2.84. The molecule has 0 fully saturated rings. The third kappa shape index (κ3) is 5.48. The highest BCUT2D eigenvalue weighted by molar-refractivity contribution is 7.89. The first-order valence-electron chi connectivity index (χ1n) is 10.6. The van der Waals surface area contributed by atoms with Crippen LogP contribution in [0.1, 0.15) is 15.9 Å². The lowest BCUT2D eigenvalue weighted by molar-refractivity contribution is -0.117. The van der Waals surface area contributed by atoms with Crippen molar-refractivity contribution < 1.29 is 18.0 Å². The minimum absolute atomic E-state index is 0.0721. The Morgan fingerprint density at radius 2 is 1.44 bits per heavy atom. The molecule has 0 aliphatic heterocycles. The van der Waals surface area contributed by atoms with Crippen molar-refractivity contribution in [3.63, 3.8) is 0 Å². The van der Waals surface area contributed by atoms with Gasteiger partial charge in [0.15, 0.2) is 0 Å². The van der Waals surface area contributed by atoms with Gasteiger partial charge in [0.05, 0.1) is 4.90 Å². The van der Waals surface area contributed by atoms with Crippen LogP contribution in [0.4, 0.5) is 5.69 Å². The van der Waals surface area contributed by atoms with E-state index in [2.05, 4.69) is 10.0 Å². The largest absolute Gasteiger partial charge is 0.366 e. The SMILES string of the molecule is NC(=O)c1ccc(NC(=O)[C@H](Cc2ccccc2)NS(=O)(=O)c2ccc3ccccc3c2)cc1. The zero-order valence-corrected chi connectivity index (χ0v) is 19.0. The third-order valence-corrected chi connectivity index (χ3v) is 6.83. The summed E-state index contributed by atoms with van der Waals surface area (Å²) in [6, 6.07) is 26.4. The molecule has 0 bridgehead atoms. The number of hydrogen-bond acceptors (Lipinski definition) is 4. The first-order valence-corrected chi connectivity index (χ1v) is 12.1. The van der Waals surface area contributed by atoms with Crippen molar-refractivity contribution in [2.75, 3.05) is 5.32 Å². The van der Waals surface area contributed by atoms with E-state index in [1.54, 1.807) is 12.1 Å². The van der Waals surface area contributed by atoms with E-state index in [1.165, 1.54) is 30.3 Å². The summed E-state index contributed by atoms with van der Waals surface area (Å²) >= 11 is 0. The minimum Gasteiger partial charge on any atom is -0.366 e. The van der Waals surface area contributed by atoms with Crippen LogP contribution in [-0.2, 0) is 21.2 Å². The molecule has 4 aromatic carbocycles. The molecule has 0 aliphatic carbocycles. The second kappa shape index (κ2) is 9.86. The number of nitrogens with two attached hydrogens (primary N) is 1. The summed E-state index contributed by atoms with van der Waals surface area (Å²) in [5.41, 5.74) is 6.77. The number of carbonyl (C=O) groups excluding carboxylic acids is 2. The molecule has 0 aliphatic rings. The highest BCUT2D eigenvalue weighted by Crippen LogP contribution is 2.20. The van der Waals surface area contributed by atoms with E-state index in [0.29, 0.717) is 11.3 Å². The topological polar surface area (TPSA) is 118 Å². The Hall–Kier alpha value is -4.01. The number of anilines is 1. The quantitative estimate of drug-likeness (QED) is 0.363. The normalized spacial score (nSPS) is 12.2. The van der Waals surface area contributed by atoms with Crippen LogP contribution in [0.15, 0.2) is 102 Å². The summed E-state index contributed by atoms with van der Waals surface area (Å²) in [5, 5.41) is 4.41. The van der Waals surface area contributed by atoms with Gasteiger partial charge < -0.3 is 11.1 Å². The molecule has 0 saturated carbocycles. The Morgan fingerprint density at radius 3 is 2.12 bits per heavy atom. The van der Waals surface area contributed by atoms with Gasteiger partial charge >= 0.3 is 0 Å². The fourth-order valence-corrected chi connectivity index (χ4v) is 4.81. The van der Waals surface area contributed by atoms with E-state index in [0.717, 1.165) is 16.3 Å². The molecule has 0 saturated heterocycles. The first-order chi connectivity index (χ1) is 16.3. The molecule has 4 N–H and O–H groups in total. The molecule has 0 radical (unpaired) electrons. The molecule has 7 nitrogen and oxygen atoms in total. The van der Waals surface area contributed by atoms with Crippen LogP contribution in [0, 0.1) is 0 Å². The van der Waals surface area contributed by atoms with E-state index < -0.39 is 27.9 Å². The van der Waals surface area contributed by atoms with E-state index >= 15 is 0 Å². The number of amides is 2. The van der Waals surface area contributed by atoms with Crippen molar-refractivity contribution in [1.29, 1.82) is 0 Å². The van der Waals surface area contributed by atoms with Crippen LogP contribution in [-0.4, -0.2) is 26.3 Å². The van der Waals surface area contributed by atoms with Crippen LogP contribution in [0.5, 0.6) is 0 Å². The molecular weight excluding hydrogens is 450 g/mol. The van der Waals surface area contributed by atoms with Crippen LogP contribution in [0.3, 0.4) is 0 Å². The Bertz CT molecular complexity index is 1440. The maximum atomic E-state index is 13.2. The number of carbonyl (C=O) groups is 2. The standard InChI is InChI=1S/C26H23N3O4S/c27-25(30)20-10-13-22(14-11-20)28-26(31)24(16-18-6-2-1-3-7-18)29-34(32,33)23-15-12-19-8-4-5-9-21(19)17-23/h1-15,17,24,29H,16H2,(H2,27,30)(H,28,31)/t24-/m0/s1. The van der Waals surface area contributed by atoms with E-state index in [-0.39, 0.29) is 11.3 Å². The van der Waals surface area contributed by atoms with Gasteiger partial charge in [-0.1, -0.05) is 60.7 Å². The molecule has 4 rings (SSSR count). The van der Waals surface area contributed by atoms with Crippen molar-refractivity contribution in [3.8, 4) is 0 Å². The lowest BCUT2D eigenvalue weighted by atomic mass is 10.1. The monoisotopic (exact) mass is 473 g/mol. The molecule has 172 valence electrons. The van der Waals surface area contributed by atoms with Crippen LogP contribution >= 0.6 is 0 Å².